The van der Waals surface area contributed by atoms with Gasteiger partial charge >= 0.3 is 7.82 Å². The van der Waals surface area contributed by atoms with Crippen LogP contribution in [-0.4, -0.2) is 11.6 Å². The van der Waals surface area contributed by atoms with Gasteiger partial charge in [-0.2, -0.15) is 4.57 Å². The number of ketones is 2. The predicted octanol–water partition coefficient (Wildman–Crippen LogP) is 5.58. The second-order valence-corrected chi connectivity index (χ2v) is 7.57. The molecule has 0 spiro atoms. The lowest BCUT2D eigenvalue weighted by Gasteiger charge is -2.19. The van der Waals surface area contributed by atoms with Crippen molar-refractivity contribution in [2.45, 2.75) is 0 Å². The van der Waals surface area contributed by atoms with Gasteiger partial charge in [0.05, 0.1) is 0 Å². The summed E-state index contributed by atoms with van der Waals surface area (Å²) in [5, 5.41) is 0. The highest BCUT2D eigenvalue weighted by molar-refractivity contribution is 7.49. The van der Waals surface area contributed by atoms with Crippen LogP contribution in [0.25, 0.3) is 0 Å². The van der Waals surface area contributed by atoms with E-state index in [4.69, 9.17) is 13.6 Å². The van der Waals surface area contributed by atoms with E-state index in [1.54, 1.807) is 72.8 Å². The number of phosphoric acid groups is 1. The Morgan fingerprint density at radius 1 is 0.452 bits per heavy atom. The molecule has 0 aromatic heterocycles. The lowest BCUT2D eigenvalue weighted by atomic mass is 10.2. The van der Waals surface area contributed by atoms with Gasteiger partial charge in [-0.3, -0.25) is 9.59 Å². The van der Waals surface area contributed by atoms with Crippen LogP contribution in [0.1, 0.15) is 0 Å². The molecule has 0 amide bonds. The third-order valence-corrected chi connectivity index (χ3v) is 5.01. The molecule has 0 heterocycles. The van der Waals surface area contributed by atoms with Crippen LogP contribution in [0.2, 0.25) is 0 Å². The Balaban J connectivity index is 0.000000287. The first-order valence-corrected chi connectivity index (χ1v) is 10.8. The number of para-hydroxylation sites is 3. The summed E-state index contributed by atoms with van der Waals surface area (Å²) in [6.45, 7) is 0. The topological polar surface area (TPSA) is 78.9 Å². The van der Waals surface area contributed by atoms with Crippen molar-refractivity contribution in [1.82, 2.24) is 0 Å². The molecule has 3 aromatic carbocycles. The average molecular weight is 434 g/mol. The smallest absolute Gasteiger partial charge is 0.386 e. The zero-order valence-corrected chi connectivity index (χ0v) is 17.3. The lowest BCUT2D eigenvalue weighted by Crippen LogP contribution is -2.07. The summed E-state index contributed by atoms with van der Waals surface area (Å²) in [5.41, 5.74) is 0. The molecule has 0 radical (unpaired) electrons. The molecule has 0 saturated heterocycles. The third kappa shape index (κ3) is 7.46. The Labute approximate surface area is 180 Å². The fourth-order valence-electron chi connectivity index (χ4n) is 2.33. The average Bonchev–Trinajstić information content (AvgIpc) is 2.78. The van der Waals surface area contributed by atoms with Crippen molar-refractivity contribution in [1.29, 1.82) is 0 Å². The highest BCUT2D eigenvalue weighted by Crippen LogP contribution is 2.49. The SMILES string of the molecule is O=C1C=CC(=O)C=C1.O=P(Oc1ccccc1)(Oc1ccccc1)Oc1ccccc1. The van der Waals surface area contributed by atoms with E-state index in [1.807, 2.05) is 18.2 Å². The summed E-state index contributed by atoms with van der Waals surface area (Å²) >= 11 is 0. The number of allylic oxidation sites excluding steroid dienone is 4. The molecule has 3 aromatic rings. The molecule has 0 atom stereocenters. The molecule has 4 rings (SSSR count). The first-order valence-electron chi connectivity index (χ1n) is 9.30. The minimum absolute atomic E-state index is 0.121. The zero-order valence-electron chi connectivity index (χ0n) is 16.4. The van der Waals surface area contributed by atoms with Crippen molar-refractivity contribution in [3.8, 4) is 17.2 Å². The van der Waals surface area contributed by atoms with Crippen molar-refractivity contribution in [3.63, 3.8) is 0 Å². The number of hydrogen-bond donors (Lipinski definition) is 0. The first kappa shape index (κ1) is 21.8. The number of benzene rings is 3. The molecule has 1 aliphatic rings. The van der Waals surface area contributed by atoms with E-state index in [9.17, 15) is 14.2 Å². The van der Waals surface area contributed by atoms with Crippen LogP contribution in [0.5, 0.6) is 17.2 Å². The second-order valence-electron chi connectivity index (χ2n) is 6.13. The lowest BCUT2D eigenvalue weighted by molar-refractivity contribution is -0.113. The number of hydrogen-bond acceptors (Lipinski definition) is 6. The Morgan fingerprint density at radius 2 is 0.710 bits per heavy atom. The molecule has 0 aliphatic heterocycles. The summed E-state index contributed by atoms with van der Waals surface area (Å²) in [6.07, 6.45) is 5.01. The summed E-state index contributed by atoms with van der Waals surface area (Å²) in [6, 6.07) is 26.4. The summed E-state index contributed by atoms with van der Waals surface area (Å²) < 4.78 is 29.6. The molecule has 31 heavy (non-hydrogen) atoms. The van der Waals surface area contributed by atoms with E-state index >= 15 is 0 Å². The molecule has 156 valence electrons. The van der Waals surface area contributed by atoms with E-state index in [-0.39, 0.29) is 11.6 Å². The molecule has 0 N–H and O–H groups in total. The molecule has 7 heteroatoms. The van der Waals surface area contributed by atoms with Crippen LogP contribution in [0.3, 0.4) is 0 Å². The molecule has 0 bridgehead atoms. The highest BCUT2D eigenvalue weighted by Gasteiger charge is 2.33. The number of phosphoric ester groups is 1. The fraction of sp³-hybridized carbons (Fsp3) is 0. The van der Waals surface area contributed by atoms with Crippen molar-refractivity contribution in [3.05, 3.63) is 115 Å². The standard InChI is InChI=1S/C18H15O4P.C6H4O2/c19-23(20-16-10-4-1-5-11-16,21-17-12-6-2-7-13-17)22-18-14-8-3-9-15-18;7-5-1-2-6(8)4-3-5/h1-15H;1-4H. The van der Waals surface area contributed by atoms with E-state index in [2.05, 4.69) is 0 Å². The molecular formula is C24H19O6P. The van der Waals surface area contributed by atoms with Crippen molar-refractivity contribution < 1.29 is 27.7 Å². The van der Waals surface area contributed by atoms with Gasteiger partial charge in [-0.1, -0.05) is 54.6 Å². The van der Waals surface area contributed by atoms with Gasteiger partial charge in [0.25, 0.3) is 0 Å². The van der Waals surface area contributed by atoms with Gasteiger partial charge in [0.2, 0.25) is 0 Å². The van der Waals surface area contributed by atoms with Gasteiger partial charge in [-0.05, 0) is 60.7 Å². The quantitative estimate of drug-likeness (QED) is 0.372. The largest absolute Gasteiger partial charge is 0.647 e. The van der Waals surface area contributed by atoms with E-state index in [0.717, 1.165) is 0 Å². The predicted molar refractivity (Wildman–Crippen MR) is 117 cm³/mol. The van der Waals surface area contributed by atoms with Crippen LogP contribution in [0.15, 0.2) is 115 Å². The van der Waals surface area contributed by atoms with E-state index in [0.29, 0.717) is 17.2 Å². The fourth-order valence-corrected chi connectivity index (χ4v) is 3.58. The van der Waals surface area contributed by atoms with Gasteiger partial charge in [-0.25, -0.2) is 0 Å². The second kappa shape index (κ2) is 10.8. The summed E-state index contributed by atoms with van der Waals surface area (Å²) in [7, 11) is -3.89. The minimum atomic E-state index is -3.89. The molecule has 1 aliphatic carbocycles. The van der Waals surface area contributed by atoms with Crippen LogP contribution >= 0.6 is 7.82 Å². The van der Waals surface area contributed by atoms with Crippen molar-refractivity contribution in [2.24, 2.45) is 0 Å². The van der Waals surface area contributed by atoms with Gasteiger partial charge in [-0.15, -0.1) is 0 Å². The van der Waals surface area contributed by atoms with Gasteiger partial charge in [0.1, 0.15) is 17.2 Å². The van der Waals surface area contributed by atoms with Crippen LogP contribution < -0.4 is 13.6 Å². The molecular weight excluding hydrogens is 415 g/mol. The van der Waals surface area contributed by atoms with Crippen LogP contribution in [0.4, 0.5) is 0 Å². The Hall–Kier alpha value is -3.89. The Kier molecular flexibility index (Phi) is 7.57. The number of rotatable bonds is 6. The van der Waals surface area contributed by atoms with Crippen molar-refractivity contribution in [2.75, 3.05) is 0 Å². The summed E-state index contributed by atoms with van der Waals surface area (Å²) in [5.74, 6) is 0.974. The van der Waals surface area contributed by atoms with Gasteiger partial charge in [0, 0.05) is 0 Å². The highest BCUT2D eigenvalue weighted by atomic mass is 31.2. The molecule has 6 nitrogen and oxygen atoms in total. The first-order chi connectivity index (χ1) is 15.0. The monoisotopic (exact) mass is 434 g/mol. The zero-order chi connectivity index (χ0) is 21.9. The molecule has 0 fully saturated rings. The maximum Gasteiger partial charge on any atom is 0.647 e. The normalized spacial score (nSPS) is 12.5. The summed E-state index contributed by atoms with van der Waals surface area (Å²) in [4.78, 5) is 20.6. The third-order valence-electron chi connectivity index (χ3n) is 3.70. The van der Waals surface area contributed by atoms with Crippen LogP contribution in [0, 0.1) is 0 Å². The maximum absolute atomic E-state index is 13.1. The van der Waals surface area contributed by atoms with Gasteiger partial charge < -0.3 is 13.6 Å². The van der Waals surface area contributed by atoms with Crippen molar-refractivity contribution >= 4 is 19.4 Å². The van der Waals surface area contributed by atoms with Crippen LogP contribution in [-0.2, 0) is 14.2 Å². The molecule has 0 unspecified atom stereocenters. The Bertz CT molecular complexity index is 962. The van der Waals surface area contributed by atoms with E-state index < -0.39 is 7.82 Å². The number of carbonyl (C=O) groups excluding carboxylic acids is 2. The van der Waals surface area contributed by atoms with Gasteiger partial charge in [0.15, 0.2) is 11.6 Å². The van der Waals surface area contributed by atoms with E-state index in [1.165, 1.54) is 24.3 Å². The maximum atomic E-state index is 13.1. The minimum Gasteiger partial charge on any atom is -0.386 e. The molecule has 0 saturated carbocycles. The number of carbonyl (C=O) groups is 2. The Morgan fingerprint density at radius 3 is 0.968 bits per heavy atom.